The number of carbonyl (C=O) groups excluding carboxylic acids is 1. The maximum absolute atomic E-state index is 13.3. The maximum atomic E-state index is 13.3. The first-order chi connectivity index (χ1) is 16.8. The van der Waals surface area contributed by atoms with Crippen molar-refractivity contribution in [2.24, 2.45) is 0 Å². The van der Waals surface area contributed by atoms with Crippen molar-refractivity contribution in [2.75, 3.05) is 6.61 Å². The highest BCUT2D eigenvalue weighted by Crippen LogP contribution is 2.26. The van der Waals surface area contributed by atoms with Crippen LogP contribution in [0.1, 0.15) is 15.9 Å². The summed E-state index contributed by atoms with van der Waals surface area (Å²) in [5.41, 5.74) is 0.844. The Hall–Kier alpha value is -0.616. The lowest BCUT2D eigenvalue weighted by atomic mass is 10.1. The van der Waals surface area contributed by atoms with E-state index in [1.54, 1.807) is 12.1 Å². The molecule has 0 heterocycles. The summed E-state index contributed by atoms with van der Waals surface area (Å²) in [5.74, 6) is -1.13. The number of rotatable bonds is 15. The minimum atomic E-state index is -5.69. The number of esters is 1. The molecule has 0 aliphatic heterocycles. The molecule has 1 N–H and O–H groups in total. The van der Waals surface area contributed by atoms with Gasteiger partial charge in [0.05, 0.1) is 5.56 Å². The molecule has 0 fully saturated rings. The van der Waals surface area contributed by atoms with Crippen molar-refractivity contribution in [3.05, 3.63) is 35.4 Å². The molecule has 0 spiro atoms. The molecule has 2 atom stereocenters. The Morgan fingerprint density at radius 3 is 1.87 bits per heavy atom. The van der Waals surface area contributed by atoms with Gasteiger partial charge in [-0.3, -0.25) is 4.55 Å². The van der Waals surface area contributed by atoms with Gasteiger partial charge in [0.2, 0.25) is 0 Å². The molecular weight excluding hydrogens is 607 g/mol. The van der Waals surface area contributed by atoms with Gasteiger partial charge in [0, 0.05) is 0 Å². The predicted octanol–water partition coefficient (Wildman–Crippen LogP) is 5.23. The van der Waals surface area contributed by atoms with Gasteiger partial charge in [-0.25, -0.2) is 4.79 Å². The zero-order chi connectivity index (χ0) is 29.8. The number of hydrogen-bond acceptors (Lipinski definition) is 8. The minimum Gasteiger partial charge on any atom is -0.454 e. The van der Waals surface area contributed by atoms with Crippen LogP contribution < -0.4 is 0 Å². The minimum absolute atomic E-state index is 0.0292. The molecule has 1 rings (SSSR count). The second-order valence-corrected chi connectivity index (χ2v) is 31.9. The summed E-state index contributed by atoms with van der Waals surface area (Å²) in [6.07, 6.45) is 0.594. The van der Waals surface area contributed by atoms with Crippen molar-refractivity contribution < 1.29 is 47.7 Å². The number of benzene rings is 1. The van der Waals surface area contributed by atoms with Crippen LogP contribution in [0.15, 0.2) is 24.3 Å². The van der Waals surface area contributed by atoms with Gasteiger partial charge in [0.15, 0.2) is 23.2 Å². The number of carbonyl (C=O) groups is 1. The largest absolute Gasteiger partial charge is 0.454 e. The number of hydrogen-bond donors (Lipinski definition) is 1. The number of ether oxygens (including phenoxy) is 1. The molecular formula is C21H42F2O9SSi5. The van der Waals surface area contributed by atoms with E-state index >= 15 is 0 Å². The van der Waals surface area contributed by atoms with E-state index in [2.05, 4.69) is 44.0 Å². The molecule has 0 aliphatic rings. The molecule has 9 nitrogen and oxygen atoms in total. The van der Waals surface area contributed by atoms with Gasteiger partial charge >= 0.3 is 47.7 Å². The van der Waals surface area contributed by atoms with Crippen LogP contribution >= 0.6 is 0 Å². The topological polar surface area (TPSA) is 118 Å². The summed E-state index contributed by atoms with van der Waals surface area (Å²) in [7, 11) is -16.5. The summed E-state index contributed by atoms with van der Waals surface area (Å²) in [6.45, 7) is 19.0. The number of halogens is 2. The van der Waals surface area contributed by atoms with E-state index in [0.29, 0.717) is 12.5 Å². The monoisotopic (exact) mass is 648 g/mol. The van der Waals surface area contributed by atoms with E-state index in [0.717, 1.165) is 5.56 Å². The molecule has 0 bridgehead atoms. The standard InChI is InChI=1S/C21H42F2O9SSi5/c1-34(29-37(8,9)31-35(2,3)4)30-38(10,32-36(5,6)7)16-15-18-11-13-19(14-12-18)20(24)28-17-21(22,23)33(25,26)27/h11-14,34H,15-17H2,1-10H3,(H,25,26,27). The second kappa shape index (κ2) is 12.9. The van der Waals surface area contributed by atoms with Crippen LogP contribution in [0.25, 0.3) is 0 Å². The van der Waals surface area contributed by atoms with Crippen molar-refractivity contribution in [3.8, 4) is 0 Å². The molecule has 220 valence electrons. The Morgan fingerprint density at radius 1 is 0.921 bits per heavy atom. The quantitative estimate of drug-likeness (QED) is 0.155. The third-order valence-electron chi connectivity index (χ3n) is 4.75. The Bertz CT molecular complexity index is 1040. The molecule has 0 amide bonds. The van der Waals surface area contributed by atoms with Gasteiger partial charge in [-0.05, 0) is 95.6 Å². The second-order valence-electron chi connectivity index (χ2n) is 11.7. The summed E-state index contributed by atoms with van der Waals surface area (Å²) in [5, 5.41) is -4.59. The molecule has 0 aromatic heterocycles. The highest BCUT2D eigenvalue weighted by molar-refractivity contribution is 7.86. The lowest BCUT2D eigenvalue weighted by Crippen LogP contribution is -2.54. The first-order valence-electron chi connectivity index (χ1n) is 12.2. The van der Waals surface area contributed by atoms with Crippen LogP contribution in [0.3, 0.4) is 0 Å². The molecule has 0 radical (unpaired) electrons. The van der Waals surface area contributed by atoms with Crippen molar-refractivity contribution in [3.63, 3.8) is 0 Å². The average molecular weight is 649 g/mol. The van der Waals surface area contributed by atoms with Crippen LogP contribution in [0.4, 0.5) is 8.78 Å². The van der Waals surface area contributed by atoms with Gasteiger partial charge in [0.25, 0.3) is 0 Å². The SMILES string of the molecule is C[SiH](O[Si](C)(C)O[Si](C)(C)C)O[Si](C)(CCc1ccc(C(=O)OCC(F)(F)S(=O)(=O)O)cc1)O[Si](C)(C)C. The lowest BCUT2D eigenvalue weighted by molar-refractivity contribution is -0.00950. The molecule has 38 heavy (non-hydrogen) atoms. The molecule has 0 saturated carbocycles. The van der Waals surface area contributed by atoms with Crippen LogP contribution in [0, 0.1) is 0 Å². The third kappa shape index (κ3) is 13.2. The molecule has 0 aliphatic carbocycles. The Morgan fingerprint density at radius 2 is 1.42 bits per heavy atom. The van der Waals surface area contributed by atoms with Crippen molar-refractivity contribution in [2.45, 2.75) is 83.2 Å². The van der Waals surface area contributed by atoms with Gasteiger partial charge < -0.3 is 21.2 Å². The third-order valence-corrected chi connectivity index (χ3v) is 22.3. The van der Waals surface area contributed by atoms with Crippen LogP contribution in [0.2, 0.25) is 71.5 Å². The fourth-order valence-corrected chi connectivity index (χ4v) is 24.6. The summed E-state index contributed by atoms with van der Waals surface area (Å²) >= 11 is 0. The lowest BCUT2D eigenvalue weighted by Gasteiger charge is -2.38. The first-order valence-corrected chi connectivity index (χ1v) is 27.9. The fourth-order valence-electron chi connectivity index (χ4n) is 3.80. The summed E-state index contributed by atoms with van der Waals surface area (Å²) in [4.78, 5) is 12.1. The predicted molar refractivity (Wildman–Crippen MR) is 155 cm³/mol. The van der Waals surface area contributed by atoms with Gasteiger partial charge in [-0.1, -0.05) is 12.1 Å². The number of alkyl halides is 2. The van der Waals surface area contributed by atoms with E-state index in [4.69, 9.17) is 21.0 Å². The van der Waals surface area contributed by atoms with E-state index in [1.807, 2.05) is 26.2 Å². The molecule has 0 saturated heterocycles. The smallest absolute Gasteiger partial charge is 0.402 e. The van der Waals surface area contributed by atoms with E-state index in [-0.39, 0.29) is 5.56 Å². The number of aryl methyl sites for hydroxylation is 1. The van der Waals surface area contributed by atoms with Crippen molar-refractivity contribution in [1.29, 1.82) is 0 Å². The van der Waals surface area contributed by atoms with Crippen LogP contribution in [-0.4, -0.2) is 73.8 Å². The molecule has 1 aromatic rings. The summed E-state index contributed by atoms with van der Waals surface area (Å²) in [6, 6.07) is 6.78. The van der Waals surface area contributed by atoms with E-state index in [1.165, 1.54) is 12.1 Å². The normalized spacial score (nSPS) is 16.1. The first kappa shape index (κ1) is 35.4. The van der Waals surface area contributed by atoms with Crippen LogP contribution in [-0.2, 0) is 37.7 Å². The fraction of sp³-hybridized carbons (Fsp3) is 0.667. The Labute approximate surface area is 231 Å². The highest BCUT2D eigenvalue weighted by Gasteiger charge is 2.46. The van der Waals surface area contributed by atoms with E-state index < -0.39 is 71.0 Å². The van der Waals surface area contributed by atoms with Crippen LogP contribution in [0.5, 0.6) is 0 Å². The molecule has 1 aromatic carbocycles. The zero-order valence-corrected chi connectivity index (χ0v) is 29.9. The van der Waals surface area contributed by atoms with Gasteiger partial charge in [-0.2, -0.15) is 17.2 Å². The van der Waals surface area contributed by atoms with E-state index in [9.17, 15) is 22.0 Å². The molecule has 17 heteroatoms. The summed E-state index contributed by atoms with van der Waals surface area (Å²) < 4.78 is 86.6. The highest BCUT2D eigenvalue weighted by atomic mass is 32.2. The van der Waals surface area contributed by atoms with Crippen molar-refractivity contribution in [1.82, 2.24) is 0 Å². The Balaban J connectivity index is 2.88. The maximum Gasteiger partial charge on any atom is 0.402 e. The zero-order valence-electron chi connectivity index (χ0n) is 23.9. The van der Waals surface area contributed by atoms with Gasteiger partial charge in [0.1, 0.15) is 0 Å². The van der Waals surface area contributed by atoms with Gasteiger partial charge in [-0.15, -0.1) is 0 Å². The molecule has 2 unspecified atom stereocenters. The van der Waals surface area contributed by atoms with Crippen molar-refractivity contribution >= 4 is 59.1 Å². The Kier molecular flexibility index (Phi) is 12.0. The average Bonchev–Trinajstić information content (AvgIpc) is 2.66.